The number of anilines is 1. The quantitative estimate of drug-likeness (QED) is 0.819. The summed E-state index contributed by atoms with van der Waals surface area (Å²) in [5, 5.41) is 2.45. The number of alkyl halides is 3. The Morgan fingerprint density at radius 1 is 1.08 bits per heavy atom. The van der Waals surface area contributed by atoms with E-state index in [4.69, 9.17) is 4.74 Å². The van der Waals surface area contributed by atoms with Gasteiger partial charge in [-0.1, -0.05) is 12.1 Å². The maximum Gasteiger partial charge on any atom is 0.573 e. The van der Waals surface area contributed by atoms with E-state index < -0.39 is 18.0 Å². The van der Waals surface area contributed by atoms with Gasteiger partial charge in [0.1, 0.15) is 11.5 Å². The second kappa shape index (κ2) is 7.49. The van der Waals surface area contributed by atoms with Crippen molar-refractivity contribution in [3.05, 3.63) is 54.1 Å². The number of halogens is 3. The Labute approximate surface area is 135 Å². The molecule has 0 aliphatic rings. The second-order valence-corrected chi connectivity index (χ2v) is 4.56. The van der Waals surface area contributed by atoms with Crippen LogP contribution in [0.15, 0.2) is 48.5 Å². The van der Waals surface area contributed by atoms with Crippen molar-refractivity contribution in [2.45, 2.75) is 6.36 Å². The molecule has 0 saturated heterocycles. The number of rotatable bonds is 6. The Hall–Kier alpha value is -3.03. The number of hydrogen-bond donors (Lipinski definition) is 1. The summed E-state index contributed by atoms with van der Waals surface area (Å²) in [5.74, 6) is -0.659. The summed E-state index contributed by atoms with van der Waals surface area (Å²) >= 11 is 0. The van der Waals surface area contributed by atoms with Gasteiger partial charge in [0.2, 0.25) is 0 Å². The first-order valence-electron chi connectivity index (χ1n) is 6.70. The Balaban J connectivity index is 1.89. The SMILES string of the molecule is O=Cc1ccccc1OCC(=O)Nc1ccc(OC(F)(F)F)cc1. The van der Waals surface area contributed by atoms with Crippen LogP contribution < -0.4 is 14.8 Å². The molecular formula is C16H12F3NO4. The third kappa shape index (κ3) is 5.31. The number of para-hydroxylation sites is 1. The summed E-state index contributed by atoms with van der Waals surface area (Å²) in [6, 6.07) is 11.1. The predicted octanol–water partition coefficient (Wildman–Crippen LogP) is 3.42. The van der Waals surface area contributed by atoms with Gasteiger partial charge in [0.15, 0.2) is 12.9 Å². The van der Waals surface area contributed by atoms with Crippen molar-refractivity contribution >= 4 is 17.9 Å². The van der Waals surface area contributed by atoms with Gasteiger partial charge in [-0.25, -0.2) is 0 Å². The lowest BCUT2D eigenvalue weighted by Gasteiger charge is -2.11. The summed E-state index contributed by atoms with van der Waals surface area (Å²) in [6.07, 6.45) is -4.17. The zero-order valence-electron chi connectivity index (χ0n) is 12.2. The molecule has 24 heavy (non-hydrogen) atoms. The van der Waals surface area contributed by atoms with E-state index in [1.54, 1.807) is 24.3 Å². The first-order valence-corrected chi connectivity index (χ1v) is 6.70. The fourth-order valence-electron chi connectivity index (χ4n) is 1.79. The molecule has 1 amide bonds. The standard InChI is InChI=1S/C16H12F3NO4/c17-16(18,19)24-13-7-5-12(6-8-13)20-15(22)10-23-14-4-2-1-3-11(14)9-21/h1-9H,10H2,(H,20,22). The highest BCUT2D eigenvalue weighted by atomic mass is 19.4. The molecule has 5 nitrogen and oxygen atoms in total. The summed E-state index contributed by atoms with van der Waals surface area (Å²) in [5.41, 5.74) is 0.584. The molecule has 0 spiro atoms. The number of hydrogen-bond acceptors (Lipinski definition) is 4. The fraction of sp³-hybridized carbons (Fsp3) is 0.125. The molecule has 0 radical (unpaired) electrons. The molecule has 0 fully saturated rings. The Morgan fingerprint density at radius 3 is 2.38 bits per heavy atom. The van der Waals surface area contributed by atoms with Gasteiger partial charge in [-0.2, -0.15) is 0 Å². The van der Waals surface area contributed by atoms with Crippen LogP contribution in [0.4, 0.5) is 18.9 Å². The molecule has 2 aromatic carbocycles. The molecule has 0 atom stereocenters. The molecule has 0 saturated carbocycles. The normalized spacial score (nSPS) is 10.8. The highest BCUT2D eigenvalue weighted by molar-refractivity contribution is 5.92. The fourth-order valence-corrected chi connectivity index (χ4v) is 1.79. The van der Waals surface area contributed by atoms with Crippen molar-refractivity contribution in [2.75, 3.05) is 11.9 Å². The lowest BCUT2D eigenvalue weighted by atomic mass is 10.2. The number of carbonyl (C=O) groups is 2. The van der Waals surface area contributed by atoms with Crippen LogP contribution in [0.2, 0.25) is 0 Å². The van der Waals surface area contributed by atoms with E-state index >= 15 is 0 Å². The summed E-state index contributed by atoms with van der Waals surface area (Å²) < 4.78 is 45.1. The first-order chi connectivity index (χ1) is 11.4. The minimum Gasteiger partial charge on any atom is -0.483 e. The van der Waals surface area contributed by atoms with Crippen LogP contribution in [0.3, 0.4) is 0 Å². The van der Waals surface area contributed by atoms with E-state index in [0.29, 0.717) is 11.8 Å². The van der Waals surface area contributed by atoms with Gasteiger partial charge >= 0.3 is 6.36 Å². The third-order valence-corrected chi connectivity index (χ3v) is 2.78. The molecular weight excluding hydrogens is 327 g/mol. The van der Waals surface area contributed by atoms with Gasteiger partial charge < -0.3 is 14.8 Å². The number of carbonyl (C=O) groups excluding carboxylic acids is 2. The van der Waals surface area contributed by atoms with Crippen molar-refractivity contribution in [3.8, 4) is 11.5 Å². The molecule has 1 N–H and O–H groups in total. The Bertz CT molecular complexity index is 714. The monoisotopic (exact) mass is 339 g/mol. The van der Waals surface area contributed by atoms with Gasteiger partial charge in [-0.3, -0.25) is 9.59 Å². The van der Waals surface area contributed by atoms with Crippen LogP contribution in [-0.4, -0.2) is 25.2 Å². The average molecular weight is 339 g/mol. The minimum absolute atomic E-state index is 0.261. The highest BCUT2D eigenvalue weighted by Crippen LogP contribution is 2.24. The van der Waals surface area contributed by atoms with Crippen molar-refractivity contribution < 1.29 is 32.2 Å². The van der Waals surface area contributed by atoms with Crippen LogP contribution in [0.5, 0.6) is 11.5 Å². The zero-order chi connectivity index (χ0) is 17.6. The summed E-state index contributed by atoms with van der Waals surface area (Å²) in [6.45, 7) is -0.356. The summed E-state index contributed by atoms with van der Waals surface area (Å²) in [7, 11) is 0. The molecule has 2 rings (SSSR count). The topological polar surface area (TPSA) is 64.6 Å². The Kier molecular flexibility index (Phi) is 5.41. The van der Waals surface area contributed by atoms with Gasteiger partial charge in [0.25, 0.3) is 5.91 Å². The number of ether oxygens (including phenoxy) is 2. The molecule has 0 bridgehead atoms. The van der Waals surface area contributed by atoms with Gasteiger partial charge in [0.05, 0.1) is 5.56 Å². The van der Waals surface area contributed by atoms with Gasteiger partial charge in [-0.15, -0.1) is 13.2 Å². The van der Waals surface area contributed by atoms with Gasteiger partial charge in [-0.05, 0) is 36.4 Å². The molecule has 8 heteroatoms. The van der Waals surface area contributed by atoms with E-state index in [1.807, 2.05) is 0 Å². The van der Waals surface area contributed by atoms with Crippen molar-refractivity contribution in [1.29, 1.82) is 0 Å². The Morgan fingerprint density at radius 2 is 1.75 bits per heavy atom. The van der Waals surface area contributed by atoms with Crippen LogP contribution in [0.1, 0.15) is 10.4 Å². The van der Waals surface area contributed by atoms with Crippen LogP contribution >= 0.6 is 0 Å². The largest absolute Gasteiger partial charge is 0.573 e. The smallest absolute Gasteiger partial charge is 0.483 e. The van der Waals surface area contributed by atoms with Crippen LogP contribution in [0.25, 0.3) is 0 Å². The molecule has 0 aliphatic heterocycles. The highest BCUT2D eigenvalue weighted by Gasteiger charge is 2.30. The number of amides is 1. The van der Waals surface area contributed by atoms with Crippen molar-refractivity contribution in [1.82, 2.24) is 0 Å². The van der Waals surface area contributed by atoms with E-state index in [9.17, 15) is 22.8 Å². The molecule has 126 valence electrons. The molecule has 0 aliphatic carbocycles. The molecule has 2 aromatic rings. The number of aldehydes is 1. The number of benzene rings is 2. The van der Waals surface area contributed by atoms with Crippen molar-refractivity contribution in [3.63, 3.8) is 0 Å². The third-order valence-electron chi connectivity index (χ3n) is 2.78. The van der Waals surface area contributed by atoms with Crippen LogP contribution in [-0.2, 0) is 4.79 Å². The second-order valence-electron chi connectivity index (χ2n) is 4.56. The lowest BCUT2D eigenvalue weighted by molar-refractivity contribution is -0.274. The molecule has 0 heterocycles. The van der Waals surface area contributed by atoms with E-state index in [1.165, 1.54) is 12.1 Å². The first kappa shape index (κ1) is 17.3. The van der Waals surface area contributed by atoms with E-state index in [0.717, 1.165) is 12.1 Å². The predicted molar refractivity (Wildman–Crippen MR) is 79.1 cm³/mol. The molecule has 0 unspecified atom stereocenters. The maximum absolute atomic E-state index is 12.0. The minimum atomic E-state index is -4.77. The van der Waals surface area contributed by atoms with Crippen LogP contribution in [0, 0.1) is 0 Å². The van der Waals surface area contributed by atoms with E-state index in [2.05, 4.69) is 10.1 Å². The number of nitrogens with one attached hydrogen (secondary N) is 1. The average Bonchev–Trinajstić information content (AvgIpc) is 2.53. The van der Waals surface area contributed by atoms with Crippen molar-refractivity contribution in [2.24, 2.45) is 0 Å². The zero-order valence-corrected chi connectivity index (χ0v) is 12.2. The molecule has 0 aromatic heterocycles. The van der Waals surface area contributed by atoms with E-state index in [-0.39, 0.29) is 18.0 Å². The maximum atomic E-state index is 12.0. The summed E-state index contributed by atoms with van der Waals surface area (Å²) in [4.78, 5) is 22.6. The lowest BCUT2D eigenvalue weighted by Crippen LogP contribution is -2.20. The van der Waals surface area contributed by atoms with Gasteiger partial charge in [0, 0.05) is 5.69 Å².